The minimum atomic E-state index is -2.57. The highest BCUT2D eigenvalue weighted by Gasteiger charge is 2.39. The summed E-state index contributed by atoms with van der Waals surface area (Å²) in [6.07, 6.45) is 0. The predicted octanol–water partition coefficient (Wildman–Crippen LogP) is 7.31. The molecule has 12 heteroatoms. The van der Waals surface area contributed by atoms with E-state index in [4.69, 9.17) is 13.8 Å². The molecule has 1 heterocycles. The first-order chi connectivity index (χ1) is 16.6. The zero-order chi connectivity index (χ0) is 27.6. The molecule has 0 atom stereocenters. The third-order valence-electron chi connectivity index (χ3n) is 5.08. The maximum atomic E-state index is 5.57. The van der Waals surface area contributed by atoms with Crippen LogP contribution < -0.4 is 30.3 Å². The van der Waals surface area contributed by atoms with E-state index in [1.54, 1.807) is 0 Å². The summed E-state index contributed by atoms with van der Waals surface area (Å²) in [5.41, 5.74) is 0. The van der Waals surface area contributed by atoms with Gasteiger partial charge in [0.15, 0.2) is 15.0 Å². The Kier molecular flexibility index (Phi) is 15.2. The van der Waals surface area contributed by atoms with Gasteiger partial charge >= 0.3 is 0 Å². The van der Waals surface area contributed by atoms with E-state index in [1.165, 1.54) is 0 Å². The Bertz CT molecular complexity index is 723. The number of rotatable bonds is 17. The Morgan fingerprint density at radius 2 is 0.806 bits per heavy atom. The summed E-state index contributed by atoms with van der Waals surface area (Å²) in [6.45, 7) is 32.0. The number of nitrogens with one attached hydrogen (secondary N) is 6. The Morgan fingerprint density at radius 1 is 0.500 bits per heavy atom. The molecule has 0 bridgehead atoms. The van der Waals surface area contributed by atoms with E-state index in [9.17, 15) is 0 Å². The summed E-state index contributed by atoms with van der Waals surface area (Å²) in [4.78, 5) is 4.00. The Morgan fingerprint density at radius 3 is 1.08 bits per heavy atom. The lowest BCUT2D eigenvalue weighted by molar-refractivity contribution is 0.601. The van der Waals surface area contributed by atoms with Crippen molar-refractivity contribution in [1.29, 1.82) is 0 Å². The third-order valence-corrected chi connectivity index (χ3v) is 15.3. The number of nitrogens with zero attached hydrogens (tertiary/aromatic N) is 3. The molecule has 1 aliphatic heterocycles. The fourth-order valence-electron chi connectivity index (χ4n) is 3.03. The molecular formula is C24H60N9P3. The number of hydrogen-bond donors (Lipinski definition) is 6. The zero-order valence-corrected chi connectivity index (χ0v) is 28.1. The summed E-state index contributed by atoms with van der Waals surface area (Å²) in [5, 5.41) is 19.4. The average Bonchev–Trinajstić information content (AvgIpc) is 2.76. The van der Waals surface area contributed by atoms with Crippen molar-refractivity contribution in [3.05, 3.63) is 0 Å². The molecule has 0 unspecified atom stereocenters. The van der Waals surface area contributed by atoms with Crippen molar-refractivity contribution in [1.82, 2.24) is 30.3 Å². The van der Waals surface area contributed by atoms with Gasteiger partial charge in [-0.1, -0.05) is 83.1 Å². The smallest absolute Gasteiger partial charge is 0.257 e. The van der Waals surface area contributed by atoms with Gasteiger partial charge in [0.1, 0.15) is 0 Å². The summed E-state index contributed by atoms with van der Waals surface area (Å²) in [6, 6.07) is 0. The fourth-order valence-corrected chi connectivity index (χ4v) is 16.3. The normalized spacial score (nSPS) is 18.9. The topological polar surface area (TPSA) is 109 Å². The van der Waals surface area contributed by atoms with Crippen molar-refractivity contribution in [3.63, 3.8) is 0 Å². The van der Waals surface area contributed by atoms with Gasteiger partial charge in [-0.05, 0) is 35.5 Å². The van der Waals surface area contributed by atoms with Crippen LogP contribution in [-0.2, 0) is 0 Å². The van der Waals surface area contributed by atoms with Crippen LogP contribution in [0.3, 0.4) is 0 Å². The van der Waals surface area contributed by atoms with Crippen LogP contribution in [0.15, 0.2) is 13.8 Å². The second-order valence-corrected chi connectivity index (χ2v) is 20.4. The van der Waals surface area contributed by atoms with Crippen LogP contribution >= 0.6 is 22.5 Å². The lowest BCUT2D eigenvalue weighted by Crippen LogP contribution is -2.42. The molecule has 6 N–H and O–H groups in total. The molecular weight excluding hydrogens is 507 g/mol. The molecule has 0 fully saturated rings. The molecule has 216 valence electrons. The van der Waals surface area contributed by atoms with Crippen LogP contribution in [0.4, 0.5) is 0 Å². The largest absolute Gasteiger partial charge is 0.259 e. The molecule has 36 heavy (non-hydrogen) atoms. The first-order valence-electron chi connectivity index (χ1n) is 14.0. The Balaban J connectivity index is 3.90. The molecule has 1 rings (SSSR count). The molecule has 0 amide bonds. The molecule has 0 aromatic rings. The Hall–Kier alpha value is 0.450. The summed E-state index contributed by atoms with van der Waals surface area (Å²) in [5.74, 6) is 2.94. The highest BCUT2D eigenvalue weighted by molar-refractivity contribution is 7.86. The fraction of sp³-hybridized carbons (Fsp3) is 1.00. The zero-order valence-electron chi connectivity index (χ0n) is 25.4. The molecule has 0 aliphatic carbocycles. The molecule has 0 saturated heterocycles. The van der Waals surface area contributed by atoms with Gasteiger partial charge in [0.05, 0.1) is 0 Å². The van der Waals surface area contributed by atoms with Crippen LogP contribution in [0.25, 0.3) is 0 Å². The van der Waals surface area contributed by atoms with E-state index in [2.05, 4.69) is 113 Å². The summed E-state index contributed by atoms with van der Waals surface area (Å²) < 4.78 is 16.5. The van der Waals surface area contributed by atoms with E-state index in [1.807, 2.05) is 0 Å². The van der Waals surface area contributed by atoms with E-state index >= 15 is 0 Å². The highest BCUT2D eigenvalue weighted by atomic mass is 31.3. The van der Waals surface area contributed by atoms with Crippen molar-refractivity contribution >= 4 is 22.5 Å². The first-order valence-corrected chi connectivity index (χ1v) is 19.2. The van der Waals surface area contributed by atoms with Crippen molar-refractivity contribution in [3.8, 4) is 0 Å². The van der Waals surface area contributed by atoms with E-state index in [0.717, 1.165) is 39.3 Å². The Labute approximate surface area is 224 Å². The van der Waals surface area contributed by atoms with Crippen LogP contribution in [0.1, 0.15) is 83.1 Å². The van der Waals surface area contributed by atoms with Crippen molar-refractivity contribution in [2.24, 2.45) is 49.3 Å². The quantitative estimate of drug-likeness (QED) is 0.103. The second-order valence-electron chi connectivity index (χ2n) is 12.6. The van der Waals surface area contributed by atoms with Gasteiger partial charge in [-0.3, -0.25) is 20.3 Å². The summed E-state index contributed by atoms with van der Waals surface area (Å²) in [7, 11) is -7.33. The van der Waals surface area contributed by atoms with Gasteiger partial charge in [0.25, 0.3) is 7.51 Å². The van der Waals surface area contributed by atoms with E-state index in [0.29, 0.717) is 35.5 Å². The molecule has 0 radical (unpaired) electrons. The van der Waals surface area contributed by atoms with Gasteiger partial charge in [0, 0.05) is 39.3 Å². The van der Waals surface area contributed by atoms with Gasteiger partial charge in [-0.25, -0.2) is 9.83 Å². The van der Waals surface area contributed by atoms with Crippen LogP contribution in [0.5, 0.6) is 0 Å². The maximum absolute atomic E-state index is 5.57. The maximum Gasteiger partial charge on any atom is 0.257 e. The molecule has 0 spiro atoms. The van der Waals surface area contributed by atoms with E-state index < -0.39 is 22.5 Å². The lowest BCUT2D eigenvalue weighted by atomic mass is 10.2. The van der Waals surface area contributed by atoms with Crippen LogP contribution in [0, 0.1) is 35.5 Å². The minimum absolute atomic E-state index is 0.447. The third kappa shape index (κ3) is 13.0. The van der Waals surface area contributed by atoms with Crippen molar-refractivity contribution in [2.45, 2.75) is 83.1 Å². The average molecular weight is 568 g/mol. The lowest BCUT2D eigenvalue weighted by Gasteiger charge is -2.42. The van der Waals surface area contributed by atoms with Gasteiger partial charge in [-0.15, -0.1) is 0 Å². The molecule has 0 aromatic heterocycles. The first kappa shape index (κ1) is 34.5. The van der Waals surface area contributed by atoms with Crippen molar-refractivity contribution < 1.29 is 0 Å². The van der Waals surface area contributed by atoms with Crippen LogP contribution in [0.2, 0.25) is 0 Å². The predicted molar refractivity (Wildman–Crippen MR) is 165 cm³/mol. The molecule has 0 aromatic carbocycles. The van der Waals surface area contributed by atoms with Crippen molar-refractivity contribution in [2.75, 3.05) is 39.3 Å². The van der Waals surface area contributed by atoms with E-state index in [-0.39, 0.29) is 0 Å². The van der Waals surface area contributed by atoms with Gasteiger partial charge in [-0.2, -0.15) is 13.9 Å². The van der Waals surface area contributed by atoms with Crippen LogP contribution in [-0.4, -0.2) is 39.3 Å². The molecule has 0 saturated carbocycles. The second kappa shape index (κ2) is 15.9. The summed E-state index contributed by atoms with van der Waals surface area (Å²) >= 11 is 0. The van der Waals surface area contributed by atoms with Gasteiger partial charge in [0.2, 0.25) is 0 Å². The standard InChI is InChI=1S/C24H60N9P3/c1-19(2)13-25-34(26-14-20(3)4)31-35(27-15-21(5)6,28-16-22(7)8)33-36(32-34,29-17-23(9)10)30-18-24(11)12/h19-29,31H,13-18H2,1-12H3. The minimum Gasteiger partial charge on any atom is -0.259 e. The monoisotopic (exact) mass is 567 g/mol. The van der Waals surface area contributed by atoms with Gasteiger partial charge < -0.3 is 0 Å². The molecule has 9 nitrogen and oxygen atoms in total. The highest BCUT2D eigenvalue weighted by Crippen LogP contribution is 2.69. The number of hydrogen-bond acceptors (Lipinski definition) is 6. The molecule has 1 aliphatic rings. The SMILES string of the molecule is CC(C)CN=P1(NCC(C)C)N=P(NCC(C)C)(NCC(C)C)NP(NCC(C)C)(NCC(C)C)=N1.